The number of fused-ring (bicyclic) bond motifs is 4. The van der Waals surface area contributed by atoms with E-state index in [0.717, 1.165) is 18.9 Å². The summed E-state index contributed by atoms with van der Waals surface area (Å²) >= 11 is 7.62. The van der Waals surface area contributed by atoms with Crippen molar-refractivity contribution >= 4 is 50.0 Å². The molecule has 0 spiro atoms. The first-order chi connectivity index (χ1) is 24.2. The van der Waals surface area contributed by atoms with Gasteiger partial charge in [-0.05, 0) is 69.6 Å². The van der Waals surface area contributed by atoms with Crippen LogP contribution in [0.4, 0.5) is 13.2 Å². The second-order valence-corrected chi connectivity index (χ2v) is 14.4. The zero-order valence-corrected chi connectivity index (χ0v) is 29.4. The number of carbonyl (C=O) groups is 1. The van der Waals surface area contributed by atoms with Gasteiger partial charge in [0.05, 0.1) is 44.4 Å². The van der Waals surface area contributed by atoms with Crippen LogP contribution in [0.3, 0.4) is 0 Å². The molecule has 5 heterocycles. The maximum absolute atomic E-state index is 14.5. The Balaban J connectivity index is 1.23. The van der Waals surface area contributed by atoms with E-state index in [4.69, 9.17) is 16.3 Å². The van der Waals surface area contributed by atoms with E-state index in [9.17, 15) is 33.1 Å². The highest BCUT2D eigenvalue weighted by atomic mass is 35.5. The second kappa shape index (κ2) is 13.2. The number of aryl methyl sites for hydroxylation is 2. The number of aromatic carboxylic acids is 1. The van der Waals surface area contributed by atoms with Crippen LogP contribution in [0.15, 0.2) is 40.5 Å². The number of pyridine rings is 1. The fourth-order valence-corrected chi connectivity index (χ4v) is 8.65. The SMILES string of the molecule is Cc1cc(-c2cc(Cl)ccc2OCCn2c(C)nc3cc(C(F)(F)F)c(CN4CC5CCC(C4)N5C)c(C#N)c3c2=O)c2scc(C(=O)O)c2n1. The molecular weight excluding hydrogens is 705 g/mol. The Kier molecular flexibility index (Phi) is 9.03. The van der Waals surface area contributed by atoms with Gasteiger partial charge in [-0.2, -0.15) is 18.4 Å². The van der Waals surface area contributed by atoms with Gasteiger partial charge in [-0.15, -0.1) is 11.3 Å². The number of hydrogen-bond donors (Lipinski definition) is 1. The minimum Gasteiger partial charge on any atom is -0.491 e. The molecule has 7 rings (SSSR count). The fourth-order valence-electron chi connectivity index (χ4n) is 7.46. The largest absolute Gasteiger partial charge is 0.491 e. The van der Waals surface area contributed by atoms with Crippen molar-refractivity contribution in [2.75, 3.05) is 26.7 Å². The molecule has 2 fully saturated rings. The molecule has 0 saturated carbocycles. The van der Waals surface area contributed by atoms with Crippen LogP contribution in [-0.4, -0.2) is 74.2 Å². The van der Waals surface area contributed by atoms with Crippen molar-refractivity contribution in [3.05, 3.63) is 84.9 Å². The molecule has 0 radical (unpaired) electrons. The summed E-state index contributed by atoms with van der Waals surface area (Å²) in [6.07, 6.45) is -2.83. The van der Waals surface area contributed by atoms with Gasteiger partial charge < -0.3 is 9.84 Å². The first-order valence-corrected chi connectivity index (χ1v) is 17.5. The number of alkyl halides is 3. The van der Waals surface area contributed by atoms with Crippen LogP contribution in [0.2, 0.25) is 5.02 Å². The lowest BCUT2D eigenvalue weighted by atomic mass is 9.95. The summed E-state index contributed by atoms with van der Waals surface area (Å²) in [5.74, 6) is -0.517. The Morgan fingerprint density at radius 2 is 1.86 bits per heavy atom. The second-order valence-electron chi connectivity index (χ2n) is 13.1. The minimum atomic E-state index is -4.76. The molecular formula is C36H32ClF3N6O4S. The monoisotopic (exact) mass is 736 g/mol. The third-order valence-corrected chi connectivity index (χ3v) is 11.2. The summed E-state index contributed by atoms with van der Waals surface area (Å²) in [7, 11) is 2.03. The van der Waals surface area contributed by atoms with Crippen molar-refractivity contribution in [3.8, 4) is 22.9 Å². The van der Waals surface area contributed by atoms with Gasteiger partial charge in [-0.3, -0.25) is 24.1 Å². The van der Waals surface area contributed by atoms with Gasteiger partial charge in [0, 0.05) is 58.9 Å². The van der Waals surface area contributed by atoms with E-state index in [0.29, 0.717) is 50.9 Å². The average molecular weight is 737 g/mol. The van der Waals surface area contributed by atoms with E-state index >= 15 is 0 Å². The van der Waals surface area contributed by atoms with Crippen LogP contribution in [0.5, 0.6) is 5.75 Å². The van der Waals surface area contributed by atoms with Crippen molar-refractivity contribution in [1.29, 1.82) is 5.26 Å². The summed E-state index contributed by atoms with van der Waals surface area (Å²) in [5, 5.41) is 21.8. The van der Waals surface area contributed by atoms with Crippen LogP contribution in [0.1, 0.15) is 51.4 Å². The third kappa shape index (κ3) is 6.33. The van der Waals surface area contributed by atoms with Crippen LogP contribution in [-0.2, 0) is 19.3 Å². The summed E-state index contributed by atoms with van der Waals surface area (Å²) < 4.78 is 51.7. The zero-order valence-electron chi connectivity index (χ0n) is 27.8. The number of benzene rings is 2. The van der Waals surface area contributed by atoms with E-state index in [-0.39, 0.29) is 65.2 Å². The number of likely N-dealkylation sites (tertiary alicyclic amines) is 1. The predicted molar refractivity (Wildman–Crippen MR) is 188 cm³/mol. The molecule has 2 saturated heterocycles. The molecule has 0 amide bonds. The average Bonchev–Trinajstić information content (AvgIpc) is 3.57. The Morgan fingerprint density at radius 1 is 1.14 bits per heavy atom. The van der Waals surface area contributed by atoms with Gasteiger partial charge in [-0.25, -0.2) is 9.78 Å². The molecule has 2 unspecified atom stereocenters. The highest BCUT2D eigenvalue weighted by Crippen LogP contribution is 2.41. The number of carboxylic acids is 1. The number of rotatable bonds is 8. The molecule has 1 N–H and O–H groups in total. The first-order valence-electron chi connectivity index (χ1n) is 16.3. The molecule has 264 valence electrons. The molecule has 3 aromatic heterocycles. The number of aromatic nitrogens is 3. The van der Waals surface area contributed by atoms with E-state index < -0.39 is 23.3 Å². The number of piperazine rings is 1. The number of likely N-dealkylation sites (N-methyl/N-ethyl adjacent to an activating group) is 1. The van der Waals surface area contributed by atoms with Crippen molar-refractivity contribution in [3.63, 3.8) is 0 Å². The highest BCUT2D eigenvalue weighted by Gasteiger charge is 2.40. The van der Waals surface area contributed by atoms with E-state index in [1.807, 2.05) is 24.1 Å². The number of carboxylic acid groups (broad SMARTS) is 1. The Bertz CT molecular complexity index is 2320. The lowest BCUT2D eigenvalue weighted by molar-refractivity contribution is -0.138. The summed E-state index contributed by atoms with van der Waals surface area (Å²) in [6.45, 7) is 4.26. The van der Waals surface area contributed by atoms with E-state index in [1.165, 1.54) is 28.2 Å². The van der Waals surface area contributed by atoms with Gasteiger partial charge in [0.15, 0.2) is 0 Å². The number of ether oxygens (including phenoxy) is 1. The number of thiophene rings is 1. The maximum Gasteiger partial charge on any atom is 0.416 e. The number of hydrogen-bond acceptors (Lipinski definition) is 9. The predicted octanol–water partition coefficient (Wildman–Crippen LogP) is 6.89. The smallest absolute Gasteiger partial charge is 0.416 e. The van der Waals surface area contributed by atoms with E-state index in [1.54, 1.807) is 25.1 Å². The van der Waals surface area contributed by atoms with Crippen molar-refractivity contribution in [2.24, 2.45) is 0 Å². The zero-order chi connectivity index (χ0) is 36.4. The van der Waals surface area contributed by atoms with Gasteiger partial charge >= 0.3 is 12.1 Å². The van der Waals surface area contributed by atoms with E-state index in [2.05, 4.69) is 14.9 Å². The molecule has 2 atom stereocenters. The first kappa shape index (κ1) is 34.9. The third-order valence-electron chi connectivity index (χ3n) is 9.95. The number of nitrogens with zero attached hydrogens (tertiary/aromatic N) is 6. The maximum atomic E-state index is 14.5. The van der Waals surface area contributed by atoms with Gasteiger partial charge in [0.1, 0.15) is 24.3 Å². The molecule has 51 heavy (non-hydrogen) atoms. The Morgan fingerprint density at radius 3 is 2.53 bits per heavy atom. The molecule has 15 heteroatoms. The minimum absolute atomic E-state index is 0.0222. The molecule has 2 aliphatic heterocycles. The van der Waals surface area contributed by atoms with Crippen LogP contribution < -0.4 is 10.3 Å². The van der Waals surface area contributed by atoms with Crippen molar-refractivity contribution < 1.29 is 27.8 Å². The molecule has 5 aromatic rings. The highest BCUT2D eigenvalue weighted by molar-refractivity contribution is 7.18. The van der Waals surface area contributed by atoms with Crippen molar-refractivity contribution in [2.45, 2.75) is 58.0 Å². The summed E-state index contributed by atoms with van der Waals surface area (Å²) in [6, 6.07) is 10.1. The van der Waals surface area contributed by atoms with Crippen LogP contribution >= 0.6 is 22.9 Å². The van der Waals surface area contributed by atoms with Crippen molar-refractivity contribution in [1.82, 2.24) is 24.3 Å². The Hall–Kier alpha value is -4.55. The summed E-state index contributed by atoms with van der Waals surface area (Å²) in [4.78, 5) is 38.9. The van der Waals surface area contributed by atoms with Crippen LogP contribution in [0.25, 0.3) is 32.2 Å². The van der Waals surface area contributed by atoms with Gasteiger partial charge in [0.25, 0.3) is 5.56 Å². The Labute approximate surface area is 299 Å². The number of halogens is 4. The summed E-state index contributed by atoms with van der Waals surface area (Å²) in [5.41, 5.74) is -0.0110. The van der Waals surface area contributed by atoms with Gasteiger partial charge in [0.2, 0.25) is 0 Å². The normalized spacial score (nSPS) is 18.1. The standard InChI is InChI=1S/C36H32ClF3N6O4S/c1-18-10-24(33-32(42-18)27(17-51-33)35(48)49)23-11-20(37)4-7-30(23)50-9-8-46-19(2)43-29-12-28(36(38,39)40)26(25(13-41)31(29)34(46)47)16-45-14-21-5-6-22(15-45)44(21)3/h4,7,10-12,17,21-22H,5-6,8-9,14-16H2,1-3H3,(H,48,49). The number of nitriles is 1. The molecule has 2 aromatic carbocycles. The lowest BCUT2D eigenvalue weighted by Crippen LogP contribution is -2.51. The molecule has 2 bridgehead atoms. The fraction of sp³-hybridized carbons (Fsp3) is 0.361. The molecule has 10 nitrogen and oxygen atoms in total. The molecule has 0 aliphatic carbocycles. The molecule has 2 aliphatic rings. The lowest BCUT2D eigenvalue weighted by Gasteiger charge is -2.39. The topological polar surface area (TPSA) is 125 Å². The van der Waals surface area contributed by atoms with Gasteiger partial charge in [-0.1, -0.05) is 11.6 Å². The van der Waals surface area contributed by atoms with Crippen LogP contribution in [0, 0.1) is 25.2 Å². The quantitative estimate of drug-likeness (QED) is 0.181.